The van der Waals surface area contributed by atoms with E-state index in [4.69, 9.17) is 18.9 Å². The Hall–Kier alpha value is -2.24. The van der Waals surface area contributed by atoms with Gasteiger partial charge in [-0.1, -0.05) is 0 Å². The monoisotopic (exact) mass is 295 g/mol. The molecule has 1 atom stereocenters. The SMILES string of the molecule is COc1cc(Oc2cc(C)cc(O[P+](=O)O)c2)ncn1. The fraction of sp³-hybridized carbons (Fsp3) is 0.167. The van der Waals surface area contributed by atoms with E-state index in [1.54, 1.807) is 12.1 Å². The van der Waals surface area contributed by atoms with E-state index in [-0.39, 0.29) is 5.75 Å². The number of rotatable bonds is 5. The van der Waals surface area contributed by atoms with Crippen molar-refractivity contribution in [2.24, 2.45) is 0 Å². The van der Waals surface area contributed by atoms with Crippen molar-refractivity contribution in [3.8, 4) is 23.3 Å². The second-order valence-corrected chi connectivity index (χ2v) is 4.47. The molecule has 1 heterocycles. The minimum atomic E-state index is -2.72. The van der Waals surface area contributed by atoms with Crippen molar-refractivity contribution in [2.75, 3.05) is 7.11 Å². The molecule has 8 heteroatoms. The molecule has 0 radical (unpaired) electrons. The van der Waals surface area contributed by atoms with Gasteiger partial charge >= 0.3 is 8.25 Å². The van der Waals surface area contributed by atoms with Gasteiger partial charge in [-0.25, -0.2) is 14.5 Å². The maximum atomic E-state index is 10.7. The molecular weight excluding hydrogens is 283 g/mol. The minimum absolute atomic E-state index is 0.240. The molecule has 0 aliphatic rings. The van der Waals surface area contributed by atoms with Crippen LogP contribution >= 0.6 is 8.25 Å². The smallest absolute Gasteiger partial charge is 0.481 e. The second-order valence-electron chi connectivity index (χ2n) is 3.81. The van der Waals surface area contributed by atoms with E-state index in [0.717, 1.165) is 5.56 Å². The van der Waals surface area contributed by atoms with E-state index in [1.165, 1.54) is 25.6 Å². The molecule has 20 heavy (non-hydrogen) atoms. The van der Waals surface area contributed by atoms with Gasteiger partial charge < -0.3 is 9.47 Å². The summed E-state index contributed by atoms with van der Waals surface area (Å²) in [6, 6.07) is 6.38. The Morgan fingerprint density at radius 3 is 2.50 bits per heavy atom. The Kier molecular flexibility index (Phi) is 4.45. The number of methoxy groups -OCH3 is 1. The lowest BCUT2D eigenvalue weighted by atomic mass is 10.2. The van der Waals surface area contributed by atoms with Crippen molar-refractivity contribution in [2.45, 2.75) is 6.92 Å². The largest absolute Gasteiger partial charge is 0.747 e. The number of aryl methyl sites for hydroxylation is 1. The van der Waals surface area contributed by atoms with Crippen molar-refractivity contribution in [1.29, 1.82) is 0 Å². The van der Waals surface area contributed by atoms with Crippen LogP contribution in [0.1, 0.15) is 5.56 Å². The van der Waals surface area contributed by atoms with Crippen LogP contribution in [0, 0.1) is 6.92 Å². The molecule has 0 spiro atoms. The lowest BCUT2D eigenvalue weighted by Gasteiger charge is -2.06. The maximum Gasteiger partial charge on any atom is 0.747 e. The molecule has 1 N–H and O–H groups in total. The zero-order chi connectivity index (χ0) is 14.5. The van der Waals surface area contributed by atoms with Crippen molar-refractivity contribution in [3.05, 3.63) is 36.2 Å². The first kappa shape index (κ1) is 14.2. The lowest BCUT2D eigenvalue weighted by molar-refractivity contribution is 0.387. The first-order valence-corrected chi connectivity index (χ1v) is 6.69. The number of nitrogens with zero attached hydrogens (tertiary/aromatic N) is 2. The molecule has 1 unspecified atom stereocenters. The molecule has 0 saturated heterocycles. The average Bonchev–Trinajstić information content (AvgIpc) is 2.37. The third-order valence-corrected chi connectivity index (χ3v) is 2.62. The average molecular weight is 295 g/mol. The van der Waals surface area contributed by atoms with E-state index in [0.29, 0.717) is 17.5 Å². The minimum Gasteiger partial charge on any atom is -0.481 e. The molecule has 0 aliphatic heterocycles. The predicted octanol–water partition coefficient (Wildman–Crippen LogP) is 2.61. The van der Waals surface area contributed by atoms with Crippen molar-refractivity contribution in [1.82, 2.24) is 9.97 Å². The molecule has 7 nitrogen and oxygen atoms in total. The van der Waals surface area contributed by atoms with Crippen LogP contribution in [0.2, 0.25) is 0 Å². The van der Waals surface area contributed by atoms with E-state index >= 15 is 0 Å². The quantitative estimate of drug-likeness (QED) is 0.848. The third-order valence-electron chi connectivity index (χ3n) is 2.26. The van der Waals surface area contributed by atoms with Gasteiger partial charge in [-0.05, 0) is 24.6 Å². The summed E-state index contributed by atoms with van der Waals surface area (Å²) in [5.74, 6) is 1.33. The topological polar surface area (TPSA) is 90.8 Å². The summed E-state index contributed by atoms with van der Waals surface area (Å²) >= 11 is 0. The Balaban J connectivity index is 2.23. The highest BCUT2D eigenvalue weighted by atomic mass is 31.1. The van der Waals surface area contributed by atoms with Crippen LogP contribution < -0.4 is 14.0 Å². The molecule has 0 saturated carbocycles. The summed E-state index contributed by atoms with van der Waals surface area (Å²) in [6.45, 7) is 1.81. The highest BCUT2D eigenvalue weighted by Gasteiger charge is 2.15. The Morgan fingerprint density at radius 1 is 1.10 bits per heavy atom. The number of hydrogen-bond donors (Lipinski definition) is 1. The third kappa shape index (κ3) is 3.88. The lowest BCUT2D eigenvalue weighted by Crippen LogP contribution is -1.93. The van der Waals surface area contributed by atoms with E-state index in [9.17, 15) is 4.57 Å². The fourth-order valence-corrected chi connectivity index (χ4v) is 1.81. The van der Waals surface area contributed by atoms with E-state index in [2.05, 4.69) is 9.97 Å². The first-order chi connectivity index (χ1) is 9.56. The van der Waals surface area contributed by atoms with Gasteiger partial charge in [0.2, 0.25) is 11.8 Å². The van der Waals surface area contributed by atoms with Crippen molar-refractivity contribution in [3.63, 3.8) is 0 Å². The van der Waals surface area contributed by atoms with Gasteiger partial charge in [0.25, 0.3) is 0 Å². The fourth-order valence-electron chi connectivity index (χ4n) is 1.53. The molecule has 1 aromatic heterocycles. The summed E-state index contributed by atoms with van der Waals surface area (Å²) in [6.07, 6.45) is 1.31. The molecule has 2 rings (SSSR count). The standard InChI is InChI=1S/C12H11N2O5P/c1-8-3-9(5-10(4-8)19-20(15)16)18-12-6-11(17-2)13-7-14-12/h3-7H,1-2H3/p+1. The zero-order valence-corrected chi connectivity index (χ0v) is 11.7. The molecule has 1 aromatic carbocycles. The van der Waals surface area contributed by atoms with Crippen molar-refractivity contribution >= 4 is 8.25 Å². The number of aromatic nitrogens is 2. The van der Waals surface area contributed by atoms with Crippen LogP contribution in [0.5, 0.6) is 23.3 Å². The maximum absolute atomic E-state index is 10.7. The molecule has 104 valence electrons. The number of benzene rings is 1. The van der Waals surface area contributed by atoms with Crippen LogP contribution in [0.25, 0.3) is 0 Å². The van der Waals surface area contributed by atoms with Gasteiger partial charge in [-0.2, -0.15) is 0 Å². The highest BCUT2D eigenvalue weighted by Crippen LogP contribution is 2.30. The van der Waals surface area contributed by atoms with Gasteiger partial charge in [-0.3, -0.25) is 0 Å². The van der Waals surface area contributed by atoms with E-state index in [1.807, 2.05) is 6.92 Å². The van der Waals surface area contributed by atoms with E-state index < -0.39 is 8.25 Å². The summed E-state index contributed by atoms with van der Waals surface area (Å²) in [7, 11) is -1.23. The summed E-state index contributed by atoms with van der Waals surface area (Å²) in [5, 5.41) is 0. The van der Waals surface area contributed by atoms with Crippen molar-refractivity contribution < 1.29 is 23.5 Å². The molecular formula is C12H12N2O5P+. The van der Waals surface area contributed by atoms with Crippen LogP contribution in [0.3, 0.4) is 0 Å². The second kappa shape index (κ2) is 6.27. The molecule has 2 aromatic rings. The van der Waals surface area contributed by atoms with Crippen LogP contribution in [0.4, 0.5) is 0 Å². The zero-order valence-electron chi connectivity index (χ0n) is 10.8. The van der Waals surface area contributed by atoms with Gasteiger partial charge in [0.1, 0.15) is 12.1 Å². The van der Waals surface area contributed by atoms with Crippen LogP contribution in [-0.2, 0) is 4.57 Å². The Labute approximate surface area is 116 Å². The molecule has 0 amide bonds. The summed E-state index contributed by atoms with van der Waals surface area (Å²) < 4.78 is 25.9. The number of ether oxygens (including phenoxy) is 2. The van der Waals surface area contributed by atoms with Gasteiger partial charge in [0, 0.05) is 10.6 Å². The molecule has 0 fully saturated rings. The first-order valence-electron chi connectivity index (χ1n) is 5.56. The van der Waals surface area contributed by atoms with Crippen LogP contribution in [-0.4, -0.2) is 22.0 Å². The summed E-state index contributed by atoms with van der Waals surface area (Å²) in [5.41, 5.74) is 0.815. The Morgan fingerprint density at radius 2 is 1.80 bits per heavy atom. The van der Waals surface area contributed by atoms with Gasteiger partial charge in [0.15, 0.2) is 5.75 Å². The van der Waals surface area contributed by atoms with Gasteiger partial charge in [-0.15, -0.1) is 4.89 Å². The summed E-state index contributed by atoms with van der Waals surface area (Å²) in [4.78, 5) is 16.6. The molecule has 0 aliphatic carbocycles. The van der Waals surface area contributed by atoms with Crippen LogP contribution in [0.15, 0.2) is 30.6 Å². The highest BCUT2D eigenvalue weighted by molar-refractivity contribution is 7.32. The predicted molar refractivity (Wildman–Crippen MR) is 70.3 cm³/mol. The normalized spacial score (nSPS) is 10.8. The molecule has 0 bridgehead atoms. The Bertz CT molecular complexity index is 635. The van der Waals surface area contributed by atoms with Gasteiger partial charge in [0.05, 0.1) is 13.2 Å². The number of hydrogen-bond acceptors (Lipinski definition) is 6.